The first-order valence-electron chi connectivity index (χ1n) is 9.75. The van der Waals surface area contributed by atoms with E-state index in [0.29, 0.717) is 24.3 Å². The third-order valence-corrected chi connectivity index (χ3v) is 9.09. The molecule has 2 rings (SSSR count). The van der Waals surface area contributed by atoms with E-state index in [-0.39, 0.29) is 0 Å². The van der Waals surface area contributed by atoms with E-state index >= 15 is 0 Å². The van der Waals surface area contributed by atoms with Crippen molar-refractivity contribution in [2.45, 2.75) is 38.8 Å². The van der Waals surface area contributed by atoms with Crippen LogP contribution in [0.4, 0.5) is 0 Å². The first-order valence-corrected chi connectivity index (χ1v) is 11.7. The summed E-state index contributed by atoms with van der Waals surface area (Å²) < 4.78 is 12.8. The van der Waals surface area contributed by atoms with E-state index in [1.807, 2.05) is 36.4 Å². The lowest BCUT2D eigenvalue weighted by Crippen LogP contribution is -2.48. The molecule has 27 heavy (non-hydrogen) atoms. The second kappa shape index (κ2) is 11.0. The maximum atomic E-state index is 6.42. The van der Waals surface area contributed by atoms with Crippen molar-refractivity contribution in [2.24, 2.45) is 0 Å². The van der Waals surface area contributed by atoms with Gasteiger partial charge in [-0.25, -0.2) is 0 Å². The summed E-state index contributed by atoms with van der Waals surface area (Å²) in [4.78, 5) is 0. The van der Waals surface area contributed by atoms with Crippen LogP contribution in [0.2, 0.25) is 11.1 Å². The van der Waals surface area contributed by atoms with Gasteiger partial charge in [-0.2, -0.15) is 0 Å². The van der Waals surface area contributed by atoms with Crippen molar-refractivity contribution in [1.82, 2.24) is 0 Å². The molecule has 0 radical (unpaired) electrons. The number of hydrogen-bond donors (Lipinski definition) is 0. The number of rotatable bonds is 10. The molecular formula is C24H32O2Si. The second-order valence-electron chi connectivity index (χ2n) is 7.28. The van der Waals surface area contributed by atoms with Gasteiger partial charge in [0.2, 0.25) is 0 Å². The lowest BCUT2D eigenvalue weighted by Gasteiger charge is -2.36. The molecule has 0 saturated heterocycles. The van der Waals surface area contributed by atoms with Crippen LogP contribution in [0.1, 0.15) is 38.8 Å². The summed E-state index contributed by atoms with van der Waals surface area (Å²) in [6.45, 7) is 10.0. The van der Waals surface area contributed by atoms with Gasteiger partial charge in [0.25, 0.3) is 0 Å². The Hall–Kier alpha value is -1.94. The number of hydrogen-bond acceptors (Lipinski definition) is 2. The molecule has 0 aliphatic heterocycles. The van der Waals surface area contributed by atoms with Gasteiger partial charge in [0, 0.05) is 0 Å². The lowest BCUT2D eigenvalue weighted by atomic mass is 10.2. The maximum Gasteiger partial charge on any atom is 0.343 e. The van der Waals surface area contributed by atoms with Crippen LogP contribution in [0.15, 0.2) is 72.8 Å². The van der Waals surface area contributed by atoms with Crippen LogP contribution in [0.3, 0.4) is 0 Å². The molecule has 0 N–H and O–H groups in total. The van der Waals surface area contributed by atoms with Crippen molar-refractivity contribution in [3.8, 4) is 0 Å². The molecule has 0 aromatic heterocycles. The minimum absolute atomic E-state index is 0.382. The van der Waals surface area contributed by atoms with Gasteiger partial charge >= 0.3 is 8.56 Å². The van der Waals surface area contributed by atoms with E-state index in [4.69, 9.17) is 8.85 Å². The molecule has 0 saturated carbocycles. The van der Waals surface area contributed by atoms with Crippen LogP contribution >= 0.6 is 0 Å². The summed E-state index contributed by atoms with van der Waals surface area (Å²) in [6.07, 6.45) is 8.39. The van der Waals surface area contributed by atoms with Gasteiger partial charge in [-0.05, 0) is 22.2 Å². The zero-order valence-electron chi connectivity index (χ0n) is 17.0. The molecule has 0 unspecified atom stereocenters. The highest BCUT2D eigenvalue weighted by molar-refractivity contribution is 6.70. The Balaban J connectivity index is 1.97. The average molecular weight is 381 g/mol. The minimum atomic E-state index is -2.33. The monoisotopic (exact) mass is 380 g/mol. The van der Waals surface area contributed by atoms with E-state index < -0.39 is 8.56 Å². The highest BCUT2D eigenvalue weighted by Gasteiger charge is 2.44. The van der Waals surface area contributed by atoms with Crippen molar-refractivity contribution in [3.05, 3.63) is 83.9 Å². The fourth-order valence-corrected chi connectivity index (χ4v) is 6.69. The maximum absolute atomic E-state index is 6.42. The highest BCUT2D eigenvalue weighted by atomic mass is 28.4. The zero-order valence-corrected chi connectivity index (χ0v) is 18.0. The second-order valence-corrected chi connectivity index (χ2v) is 11.6. The van der Waals surface area contributed by atoms with E-state index in [1.54, 1.807) is 0 Å². The number of benzene rings is 2. The first-order chi connectivity index (χ1) is 13.0. The SMILES string of the molecule is CC(C)[Si](OC/C=C/c1ccccc1)(OC/C=C/c1ccccc1)C(C)C. The Labute approximate surface area is 165 Å². The van der Waals surface area contributed by atoms with Crippen LogP contribution in [0.25, 0.3) is 12.2 Å². The van der Waals surface area contributed by atoms with Crippen LogP contribution in [-0.2, 0) is 8.85 Å². The van der Waals surface area contributed by atoms with Crippen LogP contribution in [0, 0.1) is 0 Å². The standard InChI is InChI=1S/C24H32O2Si/c1-21(2)27(22(3)4,25-19-11-17-23-13-7-5-8-14-23)26-20-12-18-24-15-9-6-10-16-24/h5-18,21-22H,19-20H2,1-4H3/b17-11+,18-12+. The molecule has 0 spiro atoms. The highest BCUT2D eigenvalue weighted by Crippen LogP contribution is 2.34. The third kappa shape index (κ3) is 6.62. The lowest BCUT2D eigenvalue weighted by molar-refractivity contribution is 0.184. The van der Waals surface area contributed by atoms with Crippen molar-refractivity contribution in [3.63, 3.8) is 0 Å². The fourth-order valence-electron chi connectivity index (χ4n) is 3.23. The predicted molar refractivity (Wildman–Crippen MR) is 119 cm³/mol. The summed E-state index contributed by atoms with van der Waals surface area (Å²) in [6, 6.07) is 20.6. The fraction of sp³-hybridized carbons (Fsp3) is 0.333. The molecule has 2 aromatic rings. The molecule has 0 aliphatic rings. The molecular weight excluding hydrogens is 348 g/mol. The third-order valence-electron chi connectivity index (χ3n) is 4.64. The molecule has 0 amide bonds. The van der Waals surface area contributed by atoms with Crippen molar-refractivity contribution >= 4 is 20.7 Å². The van der Waals surface area contributed by atoms with Crippen LogP contribution in [-0.4, -0.2) is 21.8 Å². The topological polar surface area (TPSA) is 18.5 Å². The predicted octanol–water partition coefficient (Wildman–Crippen LogP) is 6.71. The summed E-state index contributed by atoms with van der Waals surface area (Å²) in [5, 5.41) is 0. The average Bonchev–Trinajstić information content (AvgIpc) is 2.68. The molecule has 2 aromatic carbocycles. The first kappa shape index (κ1) is 21.4. The van der Waals surface area contributed by atoms with E-state index in [0.717, 1.165) is 0 Å². The van der Waals surface area contributed by atoms with Gasteiger partial charge in [0.05, 0.1) is 13.2 Å². The Morgan fingerprint density at radius 1 is 0.667 bits per heavy atom. The summed E-state index contributed by atoms with van der Waals surface area (Å²) in [5.41, 5.74) is 3.14. The summed E-state index contributed by atoms with van der Waals surface area (Å²) >= 11 is 0. The van der Waals surface area contributed by atoms with Gasteiger partial charge in [-0.1, -0.05) is 113 Å². The molecule has 3 heteroatoms. The van der Waals surface area contributed by atoms with Crippen molar-refractivity contribution < 1.29 is 8.85 Å². The molecule has 0 atom stereocenters. The van der Waals surface area contributed by atoms with Gasteiger partial charge in [-0.3, -0.25) is 0 Å². The Bertz CT molecular complexity index is 642. The van der Waals surface area contributed by atoms with Gasteiger partial charge in [0.15, 0.2) is 0 Å². The van der Waals surface area contributed by atoms with Gasteiger partial charge < -0.3 is 8.85 Å². The largest absolute Gasteiger partial charge is 0.390 e. The van der Waals surface area contributed by atoms with Crippen LogP contribution < -0.4 is 0 Å². The molecule has 2 nitrogen and oxygen atoms in total. The Morgan fingerprint density at radius 2 is 1.04 bits per heavy atom. The van der Waals surface area contributed by atoms with E-state index in [9.17, 15) is 0 Å². The van der Waals surface area contributed by atoms with E-state index in [1.165, 1.54) is 11.1 Å². The normalized spacial score (nSPS) is 12.7. The van der Waals surface area contributed by atoms with Crippen molar-refractivity contribution in [2.75, 3.05) is 13.2 Å². The molecule has 0 aliphatic carbocycles. The molecule has 144 valence electrons. The van der Waals surface area contributed by atoms with Crippen molar-refractivity contribution in [1.29, 1.82) is 0 Å². The Morgan fingerprint density at radius 3 is 1.37 bits per heavy atom. The van der Waals surface area contributed by atoms with Crippen LogP contribution in [0.5, 0.6) is 0 Å². The molecule has 0 bridgehead atoms. The zero-order chi connectivity index (χ0) is 19.5. The summed E-state index contributed by atoms with van der Waals surface area (Å²) in [7, 11) is -2.33. The Kier molecular flexibility index (Phi) is 8.72. The smallest absolute Gasteiger partial charge is 0.343 e. The molecule has 0 heterocycles. The summed E-state index contributed by atoms with van der Waals surface area (Å²) in [5.74, 6) is 0. The van der Waals surface area contributed by atoms with Gasteiger partial charge in [0.1, 0.15) is 0 Å². The quantitative estimate of drug-likeness (QED) is 0.426. The van der Waals surface area contributed by atoms with Gasteiger partial charge in [-0.15, -0.1) is 0 Å². The minimum Gasteiger partial charge on any atom is -0.390 e. The van der Waals surface area contributed by atoms with E-state index in [2.05, 4.69) is 76.3 Å². The molecule has 0 fully saturated rings.